The van der Waals surface area contributed by atoms with Crippen LogP contribution >= 0.6 is 24.8 Å². The van der Waals surface area contributed by atoms with Crippen molar-refractivity contribution in [3.63, 3.8) is 0 Å². The van der Waals surface area contributed by atoms with Gasteiger partial charge in [0.2, 0.25) is 0 Å². The first-order valence-electron chi connectivity index (χ1n) is 11.8. The number of carbonyl (C=O) groups is 1. The third-order valence-electron chi connectivity index (χ3n) is 6.05. The number of rotatable bonds is 2. The predicted octanol–water partition coefficient (Wildman–Crippen LogP) is 4.75. The van der Waals surface area contributed by atoms with Gasteiger partial charge in [-0.25, -0.2) is 14.8 Å². The van der Waals surface area contributed by atoms with Crippen LogP contribution in [-0.4, -0.2) is 52.7 Å². The molecule has 2 fully saturated rings. The maximum absolute atomic E-state index is 12.0. The highest BCUT2D eigenvalue weighted by atomic mass is 35.5. The van der Waals surface area contributed by atoms with Gasteiger partial charge in [-0.2, -0.15) is 0 Å². The van der Waals surface area contributed by atoms with E-state index in [0.717, 1.165) is 39.0 Å². The van der Waals surface area contributed by atoms with Crippen molar-refractivity contribution in [2.24, 2.45) is 0 Å². The fraction of sp³-hybridized carbons (Fsp3) is 0.560. The molecule has 0 aromatic carbocycles. The third-order valence-corrected chi connectivity index (χ3v) is 6.05. The van der Waals surface area contributed by atoms with Crippen LogP contribution in [0, 0.1) is 0 Å². The van der Waals surface area contributed by atoms with E-state index in [1.54, 1.807) is 4.90 Å². The van der Waals surface area contributed by atoms with Crippen molar-refractivity contribution in [1.29, 1.82) is 0 Å². The maximum atomic E-state index is 12.0. The molecule has 2 aliphatic rings. The standard InChI is InChI=1S/C15H23N3O2.C10H15N3.2ClH/c1-15(2,3)20-14(19)18-8-6-11(7-9-18)12-4-5-13(16)17-10-12;11-10-2-1-9(7-13-10)8-3-5-12-6-4-8;;/h4-5,10-11H,6-9H2,1-3H3,(H2,16,17);1-2,7-8,12H,3-6H2,(H2,11,13);2*1H. The fourth-order valence-electron chi connectivity index (χ4n) is 4.19. The van der Waals surface area contributed by atoms with Crippen LogP contribution in [0.25, 0.3) is 0 Å². The van der Waals surface area contributed by atoms with Gasteiger partial charge in [0.25, 0.3) is 0 Å². The van der Waals surface area contributed by atoms with E-state index in [4.69, 9.17) is 16.2 Å². The van der Waals surface area contributed by atoms with Crippen molar-refractivity contribution in [2.45, 2.75) is 63.9 Å². The highest BCUT2D eigenvalue weighted by Gasteiger charge is 2.27. The maximum Gasteiger partial charge on any atom is 0.410 e. The highest BCUT2D eigenvalue weighted by molar-refractivity contribution is 5.85. The van der Waals surface area contributed by atoms with Crippen LogP contribution < -0.4 is 16.8 Å². The molecule has 2 saturated heterocycles. The molecule has 4 heterocycles. The molecule has 2 aromatic heterocycles. The van der Waals surface area contributed by atoms with Gasteiger partial charge in [0.15, 0.2) is 0 Å². The second-order valence-electron chi connectivity index (χ2n) is 9.80. The van der Waals surface area contributed by atoms with E-state index in [2.05, 4.69) is 21.4 Å². The van der Waals surface area contributed by atoms with Crippen LogP contribution in [0.5, 0.6) is 0 Å². The number of ether oxygens (including phenoxy) is 1. The van der Waals surface area contributed by atoms with Crippen molar-refractivity contribution >= 4 is 42.5 Å². The Morgan fingerprint density at radius 3 is 1.74 bits per heavy atom. The van der Waals surface area contributed by atoms with Crippen molar-refractivity contribution in [2.75, 3.05) is 37.6 Å². The number of piperidine rings is 2. The van der Waals surface area contributed by atoms with E-state index >= 15 is 0 Å². The Kier molecular flexibility index (Phi) is 12.6. The summed E-state index contributed by atoms with van der Waals surface area (Å²) < 4.78 is 5.39. The summed E-state index contributed by atoms with van der Waals surface area (Å²) in [6.45, 7) is 9.35. The number of pyridine rings is 2. The SMILES string of the molecule is CC(C)(C)OC(=O)N1CCC(c2ccc(N)nc2)CC1.Cl.Cl.Nc1ccc(C2CCNCC2)cn1. The Morgan fingerprint density at radius 2 is 1.34 bits per heavy atom. The molecular formula is C25H40Cl2N6O2. The first-order chi connectivity index (χ1) is 15.7. The lowest BCUT2D eigenvalue weighted by Gasteiger charge is -2.33. The molecule has 1 amide bonds. The minimum absolute atomic E-state index is 0. The van der Waals surface area contributed by atoms with E-state index in [0.29, 0.717) is 23.5 Å². The average Bonchev–Trinajstić information content (AvgIpc) is 2.80. The second kappa shape index (κ2) is 14.3. The predicted molar refractivity (Wildman–Crippen MR) is 146 cm³/mol. The van der Waals surface area contributed by atoms with Crippen molar-refractivity contribution in [3.05, 3.63) is 47.8 Å². The first-order valence-corrected chi connectivity index (χ1v) is 11.8. The minimum Gasteiger partial charge on any atom is -0.444 e. The molecule has 2 aliphatic heterocycles. The van der Waals surface area contributed by atoms with Crippen LogP contribution in [0.2, 0.25) is 0 Å². The van der Waals surface area contributed by atoms with E-state index < -0.39 is 5.60 Å². The number of halogens is 2. The van der Waals surface area contributed by atoms with Gasteiger partial charge in [0, 0.05) is 25.5 Å². The number of carbonyl (C=O) groups excluding carboxylic acids is 1. The molecule has 0 atom stereocenters. The zero-order valence-electron chi connectivity index (χ0n) is 20.9. The number of aromatic nitrogens is 2. The summed E-state index contributed by atoms with van der Waals surface area (Å²) in [5.41, 5.74) is 13.2. The Labute approximate surface area is 221 Å². The quantitative estimate of drug-likeness (QED) is 0.516. The molecule has 0 saturated carbocycles. The van der Waals surface area contributed by atoms with E-state index in [-0.39, 0.29) is 30.9 Å². The lowest BCUT2D eigenvalue weighted by molar-refractivity contribution is 0.0205. The van der Waals surface area contributed by atoms with Crippen LogP contribution in [0.3, 0.4) is 0 Å². The number of anilines is 2. The molecule has 10 heteroatoms. The normalized spacial score (nSPS) is 16.7. The molecule has 5 N–H and O–H groups in total. The van der Waals surface area contributed by atoms with Gasteiger partial charge in [-0.3, -0.25) is 0 Å². The van der Waals surface area contributed by atoms with Gasteiger partial charge >= 0.3 is 6.09 Å². The van der Waals surface area contributed by atoms with Crippen LogP contribution in [0.1, 0.15) is 69.4 Å². The lowest BCUT2D eigenvalue weighted by Crippen LogP contribution is -2.41. The zero-order valence-corrected chi connectivity index (χ0v) is 22.5. The van der Waals surface area contributed by atoms with Gasteiger partial charge < -0.3 is 26.4 Å². The molecule has 4 rings (SSSR count). The van der Waals surface area contributed by atoms with Crippen LogP contribution in [0.15, 0.2) is 36.7 Å². The van der Waals surface area contributed by atoms with Gasteiger partial charge in [0.1, 0.15) is 17.2 Å². The molecule has 196 valence electrons. The summed E-state index contributed by atoms with van der Waals surface area (Å²) in [5, 5.41) is 3.35. The van der Waals surface area contributed by atoms with Crippen LogP contribution in [0.4, 0.5) is 16.4 Å². The number of likely N-dealkylation sites (tertiary alicyclic amines) is 1. The number of hydrogen-bond acceptors (Lipinski definition) is 7. The molecule has 35 heavy (non-hydrogen) atoms. The van der Waals surface area contributed by atoms with E-state index in [1.165, 1.54) is 24.0 Å². The molecule has 0 bridgehead atoms. The van der Waals surface area contributed by atoms with Gasteiger partial charge in [-0.15, -0.1) is 24.8 Å². The second-order valence-corrected chi connectivity index (χ2v) is 9.80. The number of amides is 1. The molecule has 0 aliphatic carbocycles. The summed E-state index contributed by atoms with van der Waals surface area (Å²) in [6, 6.07) is 7.83. The van der Waals surface area contributed by atoms with Crippen LogP contribution in [-0.2, 0) is 4.74 Å². The number of nitrogens with zero attached hydrogens (tertiary/aromatic N) is 3. The summed E-state index contributed by atoms with van der Waals surface area (Å²) >= 11 is 0. The smallest absolute Gasteiger partial charge is 0.410 e. The van der Waals surface area contributed by atoms with E-state index in [9.17, 15) is 4.79 Å². The average molecular weight is 528 g/mol. The van der Waals surface area contributed by atoms with Gasteiger partial charge in [-0.1, -0.05) is 12.1 Å². The monoisotopic (exact) mass is 526 g/mol. The molecule has 0 unspecified atom stereocenters. The summed E-state index contributed by atoms with van der Waals surface area (Å²) in [6.07, 6.45) is 7.83. The Hall–Kier alpha value is -2.29. The number of hydrogen-bond donors (Lipinski definition) is 3. The Bertz CT molecular complexity index is 876. The summed E-state index contributed by atoms with van der Waals surface area (Å²) in [4.78, 5) is 22.0. The molecular weight excluding hydrogens is 487 g/mol. The van der Waals surface area contributed by atoms with Gasteiger partial charge in [0.05, 0.1) is 0 Å². The first kappa shape index (κ1) is 30.7. The Morgan fingerprint density at radius 1 is 0.886 bits per heavy atom. The molecule has 8 nitrogen and oxygen atoms in total. The largest absolute Gasteiger partial charge is 0.444 e. The number of nitrogen functional groups attached to an aromatic ring is 2. The minimum atomic E-state index is -0.436. The van der Waals surface area contributed by atoms with Crippen molar-refractivity contribution in [1.82, 2.24) is 20.2 Å². The summed E-state index contributed by atoms with van der Waals surface area (Å²) in [7, 11) is 0. The molecule has 2 aromatic rings. The topological polar surface area (TPSA) is 119 Å². The van der Waals surface area contributed by atoms with E-state index in [1.807, 2.05) is 51.4 Å². The molecule has 0 spiro atoms. The van der Waals surface area contributed by atoms with Crippen molar-refractivity contribution in [3.8, 4) is 0 Å². The molecule has 0 radical (unpaired) electrons. The van der Waals surface area contributed by atoms with Gasteiger partial charge in [-0.05, 0) is 94.6 Å². The zero-order chi connectivity index (χ0) is 23.8. The lowest BCUT2D eigenvalue weighted by atomic mass is 9.91. The fourth-order valence-corrected chi connectivity index (χ4v) is 4.19. The summed E-state index contributed by atoms with van der Waals surface area (Å²) in [5.74, 6) is 2.27. The van der Waals surface area contributed by atoms with Crippen molar-refractivity contribution < 1.29 is 9.53 Å². The Balaban J connectivity index is 0.000000356. The highest BCUT2D eigenvalue weighted by Crippen LogP contribution is 2.28. The third kappa shape index (κ3) is 10.1. The number of nitrogens with one attached hydrogen (secondary N) is 1. The number of nitrogens with two attached hydrogens (primary N) is 2.